The number of carbonyl (C=O) groups is 1. The van der Waals surface area contributed by atoms with Crippen molar-refractivity contribution >= 4 is 17.2 Å². The minimum Gasteiger partial charge on any atom is -0.265 e. The van der Waals surface area contributed by atoms with Crippen LogP contribution in [0.2, 0.25) is 0 Å². The van der Waals surface area contributed by atoms with Crippen molar-refractivity contribution in [1.82, 2.24) is 19.8 Å². The Morgan fingerprint density at radius 3 is 2.60 bits per heavy atom. The summed E-state index contributed by atoms with van der Waals surface area (Å²) in [4.78, 5) is 11.9. The molecule has 1 aliphatic rings. The predicted octanol–water partition coefficient (Wildman–Crippen LogP) is 3.70. The number of aromatic nitrogens is 4. The maximum atomic E-state index is 11.9. The van der Waals surface area contributed by atoms with Gasteiger partial charge in [0.05, 0.1) is 22.3 Å². The second-order valence-corrected chi connectivity index (χ2v) is 5.59. The van der Waals surface area contributed by atoms with Crippen LogP contribution in [0.25, 0.3) is 28.0 Å². The lowest BCUT2D eigenvalue weighted by atomic mass is 10.0. The molecule has 7 nitrogen and oxygen atoms in total. The number of nitrogens with zero attached hydrogens (tertiary/aromatic N) is 6. The minimum atomic E-state index is -0.399. The van der Waals surface area contributed by atoms with Crippen LogP contribution in [-0.2, 0) is 0 Å². The summed E-state index contributed by atoms with van der Waals surface area (Å²) in [6, 6.07) is 17.3. The molecule has 4 aromatic rings. The number of carbonyl (C=O) groups excluding carboxylic acids is 1. The van der Waals surface area contributed by atoms with Gasteiger partial charge in [0, 0.05) is 11.8 Å². The van der Waals surface area contributed by atoms with Crippen LogP contribution in [0.1, 0.15) is 10.4 Å². The number of hydrogen-bond donors (Lipinski definition) is 0. The lowest BCUT2D eigenvalue weighted by Gasteiger charge is -2.03. The molecule has 0 N–H and O–H groups in total. The summed E-state index contributed by atoms with van der Waals surface area (Å²) in [6.45, 7) is 0. The van der Waals surface area contributed by atoms with Crippen LogP contribution in [0, 0.1) is 0 Å². The Morgan fingerprint density at radius 2 is 1.72 bits per heavy atom. The van der Waals surface area contributed by atoms with Crippen LogP contribution in [-0.4, -0.2) is 25.7 Å². The van der Waals surface area contributed by atoms with Crippen molar-refractivity contribution in [3.8, 4) is 22.5 Å². The highest BCUT2D eigenvalue weighted by Crippen LogP contribution is 2.35. The molecule has 3 aromatic heterocycles. The standard InChI is InChI=1S/C18H10N6O/c25-18-12-10-13(19-20-17(12)21-22-18)15-14-8-4-5-9-24(14)23-16(15)11-6-2-1-3-7-11/h1-10H. The topological polar surface area (TPSA) is 84.9 Å². The van der Waals surface area contributed by atoms with Crippen molar-refractivity contribution in [3.63, 3.8) is 0 Å². The lowest BCUT2D eigenvalue weighted by Crippen LogP contribution is -1.96. The molecule has 0 radical (unpaired) electrons. The van der Waals surface area contributed by atoms with E-state index < -0.39 is 5.91 Å². The zero-order valence-corrected chi connectivity index (χ0v) is 12.9. The molecule has 0 saturated heterocycles. The molecule has 5 rings (SSSR count). The largest absolute Gasteiger partial charge is 0.299 e. The smallest absolute Gasteiger partial charge is 0.265 e. The summed E-state index contributed by atoms with van der Waals surface area (Å²) in [6.07, 6.45) is 1.88. The van der Waals surface area contributed by atoms with E-state index in [0.717, 1.165) is 22.3 Å². The van der Waals surface area contributed by atoms with Gasteiger partial charge in [0.15, 0.2) is 0 Å². The average Bonchev–Trinajstić information content (AvgIpc) is 3.23. The van der Waals surface area contributed by atoms with Gasteiger partial charge in [0.1, 0.15) is 5.69 Å². The SMILES string of the molecule is O=C1N=Nc2nnc(-c3c(-c4ccccc4)nn4ccccc34)cc21. The van der Waals surface area contributed by atoms with Crippen LogP contribution < -0.4 is 0 Å². The van der Waals surface area contributed by atoms with E-state index in [0.29, 0.717) is 11.3 Å². The highest BCUT2D eigenvalue weighted by Gasteiger charge is 2.24. The van der Waals surface area contributed by atoms with E-state index in [1.807, 2.05) is 54.7 Å². The summed E-state index contributed by atoms with van der Waals surface area (Å²) in [5, 5.41) is 20.2. The Labute approximate surface area is 141 Å². The van der Waals surface area contributed by atoms with Crippen LogP contribution in [0.3, 0.4) is 0 Å². The highest BCUT2D eigenvalue weighted by atomic mass is 16.2. The molecule has 1 aliphatic heterocycles. The van der Waals surface area contributed by atoms with Gasteiger partial charge in [-0.05, 0) is 18.2 Å². The van der Waals surface area contributed by atoms with Crippen molar-refractivity contribution in [1.29, 1.82) is 0 Å². The maximum absolute atomic E-state index is 11.9. The summed E-state index contributed by atoms with van der Waals surface area (Å²) in [7, 11) is 0. The molecule has 1 amide bonds. The molecule has 0 fully saturated rings. The fourth-order valence-electron chi connectivity index (χ4n) is 2.93. The highest BCUT2D eigenvalue weighted by molar-refractivity contribution is 6.02. The monoisotopic (exact) mass is 326 g/mol. The van der Waals surface area contributed by atoms with E-state index in [1.165, 1.54) is 0 Å². The second kappa shape index (κ2) is 5.13. The number of azo groups is 1. The van der Waals surface area contributed by atoms with Gasteiger partial charge in [-0.15, -0.1) is 20.4 Å². The normalized spacial score (nSPS) is 12.7. The molecule has 0 unspecified atom stereocenters. The molecular weight excluding hydrogens is 316 g/mol. The first-order valence-corrected chi connectivity index (χ1v) is 7.68. The molecular formula is C18H10N6O. The molecule has 0 spiro atoms. The molecule has 118 valence electrons. The van der Waals surface area contributed by atoms with E-state index in [9.17, 15) is 4.79 Å². The summed E-state index contributed by atoms with van der Waals surface area (Å²) in [5.41, 5.74) is 4.38. The van der Waals surface area contributed by atoms with Gasteiger partial charge in [-0.2, -0.15) is 5.10 Å². The second-order valence-electron chi connectivity index (χ2n) is 5.59. The van der Waals surface area contributed by atoms with Gasteiger partial charge < -0.3 is 0 Å². The van der Waals surface area contributed by atoms with Crippen molar-refractivity contribution < 1.29 is 4.79 Å². The minimum absolute atomic E-state index is 0.256. The summed E-state index contributed by atoms with van der Waals surface area (Å²) in [5.74, 6) is -0.143. The number of benzene rings is 1. The van der Waals surface area contributed by atoms with Crippen molar-refractivity contribution in [2.75, 3.05) is 0 Å². The van der Waals surface area contributed by atoms with E-state index >= 15 is 0 Å². The number of hydrogen-bond acceptors (Lipinski definition) is 5. The molecule has 1 aromatic carbocycles. The zero-order valence-electron chi connectivity index (χ0n) is 12.9. The van der Waals surface area contributed by atoms with Crippen molar-refractivity contribution in [2.45, 2.75) is 0 Å². The number of fused-ring (bicyclic) bond motifs is 2. The van der Waals surface area contributed by atoms with Gasteiger partial charge in [0.2, 0.25) is 5.82 Å². The number of amides is 1. The van der Waals surface area contributed by atoms with Gasteiger partial charge in [-0.3, -0.25) is 4.79 Å². The van der Waals surface area contributed by atoms with Crippen LogP contribution in [0.15, 0.2) is 71.0 Å². The molecule has 25 heavy (non-hydrogen) atoms. The van der Waals surface area contributed by atoms with Crippen LogP contribution >= 0.6 is 0 Å². The van der Waals surface area contributed by atoms with Crippen molar-refractivity contribution in [3.05, 3.63) is 66.4 Å². The van der Waals surface area contributed by atoms with Crippen LogP contribution in [0.5, 0.6) is 0 Å². The van der Waals surface area contributed by atoms with Gasteiger partial charge in [-0.1, -0.05) is 36.4 Å². The fourth-order valence-corrected chi connectivity index (χ4v) is 2.93. The first kappa shape index (κ1) is 13.7. The third kappa shape index (κ3) is 2.06. The Morgan fingerprint density at radius 1 is 0.880 bits per heavy atom. The van der Waals surface area contributed by atoms with E-state index in [1.54, 1.807) is 10.6 Å². The molecule has 0 saturated carbocycles. The van der Waals surface area contributed by atoms with Crippen LogP contribution in [0.4, 0.5) is 5.82 Å². The van der Waals surface area contributed by atoms with E-state index in [2.05, 4.69) is 25.5 Å². The average molecular weight is 326 g/mol. The van der Waals surface area contributed by atoms with E-state index in [-0.39, 0.29) is 5.82 Å². The van der Waals surface area contributed by atoms with Gasteiger partial charge >= 0.3 is 0 Å². The third-order valence-corrected chi connectivity index (χ3v) is 4.08. The maximum Gasteiger partial charge on any atom is 0.299 e. The summed E-state index contributed by atoms with van der Waals surface area (Å²) >= 11 is 0. The quantitative estimate of drug-likeness (QED) is 0.562. The first-order valence-electron chi connectivity index (χ1n) is 7.68. The molecule has 0 atom stereocenters. The van der Waals surface area contributed by atoms with Crippen molar-refractivity contribution in [2.24, 2.45) is 10.2 Å². The predicted molar refractivity (Wildman–Crippen MR) is 90.5 cm³/mol. The number of rotatable bonds is 2. The zero-order chi connectivity index (χ0) is 16.8. The van der Waals surface area contributed by atoms with Gasteiger partial charge in [-0.25, -0.2) is 4.52 Å². The Bertz CT molecular complexity index is 1160. The third-order valence-electron chi connectivity index (χ3n) is 4.08. The molecule has 4 heterocycles. The molecule has 0 bridgehead atoms. The lowest BCUT2D eigenvalue weighted by molar-refractivity contribution is 0.100. The fraction of sp³-hybridized carbons (Fsp3) is 0. The number of pyridine rings is 1. The molecule has 0 aliphatic carbocycles. The van der Waals surface area contributed by atoms with E-state index in [4.69, 9.17) is 0 Å². The Hall–Kier alpha value is -3.74. The van der Waals surface area contributed by atoms with Gasteiger partial charge in [0.25, 0.3) is 5.91 Å². The molecule has 7 heteroatoms. The summed E-state index contributed by atoms with van der Waals surface area (Å²) < 4.78 is 1.79. The Balaban J connectivity index is 1.81. The Kier molecular flexibility index (Phi) is 2.81. The first-order chi connectivity index (χ1) is 12.3.